The molecule has 0 fully saturated rings. The molecule has 6 nitrogen and oxygen atoms in total. The first-order chi connectivity index (χ1) is 11.0. The first-order valence-electron chi connectivity index (χ1n) is 6.54. The fraction of sp³-hybridized carbons (Fsp3) is 0.357. The van der Waals surface area contributed by atoms with Gasteiger partial charge in [0.15, 0.2) is 6.61 Å². The fourth-order valence-electron chi connectivity index (χ4n) is 1.60. The van der Waals surface area contributed by atoms with Gasteiger partial charge in [-0.15, -0.1) is 0 Å². The molecule has 0 aliphatic heterocycles. The topological polar surface area (TPSA) is 75.7 Å². The van der Waals surface area contributed by atoms with Gasteiger partial charge in [0, 0.05) is 19.7 Å². The third kappa shape index (κ3) is 6.07. The van der Waals surface area contributed by atoms with Crippen molar-refractivity contribution in [3.63, 3.8) is 0 Å². The monoisotopic (exact) mass is 366 g/mol. The van der Waals surface area contributed by atoms with Gasteiger partial charge in [-0.1, -0.05) is 11.6 Å². The molecular formula is C14H14ClF3N2O4. The van der Waals surface area contributed by atoms with Crippen LogP contribution in [0, 0.1) is 0 Å². The first kappa shape index (κ1) is 19.8. The molecule has 0 aliphatic carbocycles. The maximum atomic E-state index is 12.7. The molecule has 132 valence electrons. The summed E-state index contributed by atoms with van der Waals surface area (Å²) in [4.78, 5) is 34.9. The highest BCUT2D eigenvalue weighted by molar-refractivity contribution is 6.31. The molecule has 0 unspecified atom stereocenters. The number of rotatable bonds is 5. The van der Waals surface area contributed by atoms with Crippen LogP contribution in [0.2, 0.25) is 5.02 Å². The summed E-state index contributed by atoms with van der Waals surface area (Å²) in [6.45, 7) is 0.168. The van der Waals surface area contributed by atoms with Crippen LogP contribution in [0.5, 0.6) is 0 Å². The summed E-state index contributed by atoms with van der Waals surface area (Å²) in [6.07, 6.45) is -4.66. The molecule has 0 aromatic heterocycles. The Hall–Kier alpha value is -2.29. The van der Waals surface area contributed by atoms with E-state index in [0.29, 0.717) is 6.07 Å². The van der Waals surface area contributed by atoms with Crippen LogP contribution in [0.1, 0.15) is 12.5 Å². The lowest BCUT2D eigenvalue weighted by Gasteiger charge is -2.17. The predicted molar refractivity (Wildman–Crippen MR) is 79.4 cm³/mol. The molecule has 0 bridgehead atoms. The predicted octanol–water partition coefficient (Wildman–Crippen LogP) is 2.32. The van der Waals surface area contributed by atoms with Gasteiger partial charge in [0.05, 0.1) is 17.1 Å². The van der Waals surface area contributed by atoms with Gasteiger partial charge in [0.1, 0.15) is 0 Å². The Morgan fingerprint density at radius 1 is 1.29 bits per heavy atom. The number of nitrogens with one attached hydrogen (secondary N) is 1. The zero-order chi connectivity index (χ0) is 18.5. The zero-order valence-corrected chi connectivity index (χ0v) is 13.5. The summed E-state index contributed by atoms with van der Waals surface area (Å²) in [5.74, 6) is -2.00. The van der Waals surface area contributed by atoms with Gasteiger partial charge in [0.2, 0.25) is 5.91 Å². The molecule has 1 N–H and O–H groups in total. The van der Waals surface area contributed by atoms with Crippen LogP contribution >= 0.6 is 11.6 Å². The van der Waals surface area contributed by atoms with Gasteiger partial charge in [0.25, 0.3) is 5.91 Å². The molecule has 0 saturated heterocycles. The van der Waals surface area contributed by atoms with E-state index >= 15 is 0 Å². The van der Waals surface area contributed by atoms with Crippen molar-refractivity contribution in [1.29, 1.82) is 0 Å². The molecular weight excluding hydrogens is 353 g/mol. The Balaban J connectivity index is 2.68. The van der Waals surface area contributed by atoms with E-state index in [9.17, 15) is 27.6 Å². The number of hydrogen-bond donors (Lipinski definition) is 1. The molecule has 10 heteroatoms. The van der Waals surface area contributed by atoms with E-state index < -0.39 is 47.7 Å². The lowest BCUT2D eigenvalue weighted by molar-refractivity contribution is -0.150. The van der Waals surface area contributed by atoms with E-state index in [0.717, 1.165) is 17.9 Å². The van der Waals surface area contributed by atoms with Crippen LogP contribution in [0.25, 0.3) is 0 Å². The van der Waals surface area contributed by atoms with Crippen molar-refractivity contribution >= 4 is 35.1 Å². The number of alkyl halides is 3. The summed E-state index contributed by atoms with van der Waals surface area (Å²) < 4.78 is 42.7. The lowest BCUT2D eigenvalue weighted by Crippen LogP contribution is -2.37. The van der Waals surface area contributed by atoms with E-state index in [1.165, 1.54) is 13.1 Å². The van der Waals surface area contributed by atoms with E-state index in [2.05, 4.69) is 10.1 Å². The quantitative estimate of drug-likeness (QED) is 0.811. The minimum atomic E-state index is -4.66. The van der Waals surface area contributed by atoms with Crippen molar-refractivity contribution in [3.05, 3.63) is 28.8 Å². The molecule has 2 amide bonds. The molecule has 0 radical (unpaired) electrons. The van der Waals surface area contributed by atoms with E-state index in [1.54, 1.807) is 0 Å². The molecule has 0 atom stereocenters. The maximum absolute atomic E-state index is 12.7. The second-order valence-corrected chi connectivity index (χ2v) is 5.18. The number of amides is 2. The SMILES string of the molecule is CC(=O)OCC(=O)N(C)CC(=O)Nc1ccc(Cl)c(C(F)(F)F)c1. The van der Waals surface area contributed by atoms with Gasteiger partial charge in [-0.3, -0.25) is 14.4 Å². The average Bonchev–Trinajstić information content (AvgIpc) is 2.45. The summed E-state index contributed by atoms with van der Waals surface area (Å²) in [5.41, 5.74) is -1.20. The van der Waals surface area contributed by atoms with Crippen molar-refractivity contribution in [2.75, 3.05) is 25.5 Å². The van der Waals surface area contributed by atoms with E-state index in [-0.39, 0.29) is 5.69 Å². The van der Waals surface area contributed by atoms with Crippen molar-refractivity contribution < 1.29 is 32.3 Å². The van der Waals surface area contributed by atoms with Crippen LogP contribution in [0.15, 0.2) is 18.2 Å². The van der Waals surface area contributed by atoms with Crippen LogP contribution < -0.4 is 5.32 Å². The maximum Gasteiger partial charge on any atom is 0.417 e. The van der Waals surface area contributed by atoms with Crippen LogP contribution in [-0.4, -0.2) is 42.9 Å². The molecule has 1 aromatic rings. The minimum absolute atomic E-state index is 0.113. The summed E-state index contributed by atoms with van der Waals surface area (Å²) in [7, 11) is 1.29. The fourth-order valence-corrected chi connectivity index (χ4v) is 1.82. The summed E-state index contributed by atoms with van der Waals surface area (Å²) in [5, 5.41) is 1.74. The molecule has 24 heavy (non-hydrogen) atoms. The zero-order valence-electron chi connectivity index (χ0n) is 12.7. The van der Waals surface area contributed by atoms with Gasteiger partial charge in [-0.25, -0.2) is 0 Å². The van der Waals surface area contributed by atoms with Crippen molar-refractivity contribution in [2.24, 2.45) is 0 Å². The molecule has 1 aromatic carbocycles. The molecule has 0 saturated carbocycles. The number of hydrogen-bond acceptors (Lipinski definition) is 4. The standard InChI is InChI=1S/C14H14ClF3N2O4/c1-8(21)24-7-13(23)20(2)6-12(22)19-9-3-4-11(15)10(5-9)14(16,17)18/h3-5H,6-7H2,1-2H3,(H,19,22). The number of benzene rings is 1. The number of anilines is 1. The van der Waals surface area contributed by atoms with Crippen LogP contribution in [0.3, 0.4) is 0 Å². The average molecular weight is 367 g/mol. The highest BCUT2D eigenvalue weighted by atomic mass is 35.5. The molecule has 1 rings (SSSR count). The van der Waals surface area contributed by atoms with E-state index in [1.807, 2.05) is 0 Å². The number of carbonyl (C=O) groups is 3. The Bertz CT molecular complexity index is 649. The third-order valence-corrected chi connectivity index (χ3v) is 3.09. The number of carbonyl (C=O) groups excluding carboxylic acids is 3. The van der Waals surface area contributed by atoms with E-state index in [4.69, 9.17) is 11.6 Å². The third-order valence-electron chi connectivity index (χ3n) is 2.76. The van der Waals surface area contributed by atoms with Gasteiger partial charge in [-0.2, -0.15) is 13.2 Å². The van der Waals surface area contributed by atoms with Crippen molar-refractivity contribution in [2.45, 2.75) is 13.1 Å². The normalized spacial score (nSPS) is 10.9. The van der Waals surface area contributed by atoms with Crippen molar-refractivity contribution in [3.8, 4) is 0 Å². The number of halogens is 4. The molecule has 0 spiro atoms. The van der Waals surface area contributed by atoms with Gasteiger partial charge < -0.3 is 15.0 Å². The van der Waals surface area contributed by atoms with Gasteiger partial charge >= 0.3 is 12.1 Å². The highest BCUT2D eigenvalue weighted by Gasteiger charge is 2.33. The number of ether oxygens (including phenoxy) is 1. The second-order valence-electron chi connectivity index (χ2n) is 4.77. The van der Waals surface area contributed by atoms with Crippen molar-refractivity contribution in [1.82, 2.24) is 4.90 Å². The first-order valence-corrected chi connectivity index (χ1v) is 6.92. The largest absolute Gasteiger partial charge is 0.456 e. The smallest absolute Gasteiger partial charge is 0.417 e. The second kappa shape index (κ2) is 8.00. The molecule has 0 aliphatic rings. The Kier molecular flexibility index (Phi) is 6.59. The van der Waals surface area contributed by atoms with Crippen LogP contribution in [0.4, 0.5) is 18.9 Å². The number of esters is 1. The minimum Gasteiger partial charge on any atom is -0.456 e. The highest BCUT2D eigenvalue weighted by Crippen LogP contribution is 2.36. The Morgan fingerprint density at radius 3 is 2.46 bits per heavy atom. The Labute approximate surface area is 140 Å². The van der Waals surface area contributed by atoms with Crippen LogP contribution in [-0.2, 0) is 25.3 Å². The number of nitrogens with zero attached hydrogens (tertiary/aromatic N) is 1. The van der Waals surface area contributed by atoms with Gasteiger partial charge in [-0.05, 0) is 18.2 Å². The Morgan fingerprint density at radius 2 is 1.92 bits per heavy atom. The summed E-state index contributed by atoms with van der Waals surface area (Å²) in [6, 6.07) is 2.91. The number of likely N-dealkylation sites (N-methyl/N-ethyl adjacent to an activating group) is 1. The summed E-state index contributed by atoms with van der Waals surface area (Å²) >= 11 is 5.48. The lowest BCUT2D eigenvalue weighted by atomic mass is 10.2. The molecule has 0 heterocycles.